The smallest absolute Gasteiger partial charge is 0.322 e. The molecule has 4 aliphatic carbocycles. The van der Waals surface area contributed by atoms with Crippen LogP contribution in [0.1, 0.15) is 91.7 Å². The van der Waals surface area contributed by atoms with Gasteiger partial charge in [-0.25, -0.2) is 0 Å². The Bertz CT molecular complexity index is 931. The molecular formula is C26H43NO5. The number of aliphatic hydroxyl groups is 2. The normalized spacial score (nSPS) is 54.2. The highest BCUT2D eigenvalue weighted by Crippen LogP contribution is 2.68. The number of carbonyl (C=O) groups excluding carboxylic acids is 1. The fourth-order valence-electron chi connectivity index (χ4n) is 8.19. The summed E-state index contributed by atoms with van der Waals surface area (Å²) in [6.07, 6.45) is -4.18. The van der Waals surface area contributed by atoms with Crippen LogP contribution >= 0.6 is 0 Å². The van der Waals surface area contributed by atoms with Crippen LogP contribution in [0.25, 0.3) is 0 Å². The molecule has 0 bridgehead atoms. The van der Waals surface area contributed by atoms with Crippen LogP contribution < -0.4 is 5.32 Å². The van der Waals surface area contributed by atoms with Crippen molar-refractivity contribution in [3.63, 3.8) is 0 Å². The molecule has 0 spiro atoms. The maximum Gasteiger partial charge on any atom is 0.322 e. The number of hydrogen-bond donors (Lipinski definition) is 4. The predicted octanol–water partition coefficient (Wildman–Crippen LogP) is 3.59. The first kappa shape index (κ1) is 18.2. The molecule has 32 heavy (non-hydrogen) atoms. The third-order valence-corrected chi connectivity index (χ3v) is 9.87. The molecule has 6 nitrogen and oxygen atoms in total. The van der Waals surface area contributed by atoms with E-state index in [1.807, 2.05) is 6.92 Å². The Morgan fingerprint density at radius 1 is 1.16 bits per heavy atom. The van der Waals surface area contributed by atoms with Crippen molar-refractivity contribution in [1.29, 1.82) is 0 Å². The van der Waals surface area contributed by atoms with Crippen LogP contribution in [0.2, 0.25) is 0 Å². The Balaban J connectivity index is 1.54. The van der Waals surface area contributed by atoms with Gasteiger partial charge in [-0.2, -0.15) is 0 Å². The molecule has 0 aliphatic heterocycles. The van der Waals surface area contributed by atoms with Crippen molar-refractivity contribution in [3.05, 3.63) is 0 Å². The van der Waals surface area contributed by atoms with E-state index < -0.39 is 42.2 Å². The molecule has 0 heterocycles. The molecule has 4 N–H and O–H groups in total. The molecule has 0 radical (unpaired) electrons. The molecular weight excluding hydrogens is 406 g/mol. The van der Waals surface area contributed by atoms with Gasteiger partial charge in [0.25, 0.3) is 0 Å². The van der Waals surface area contributed by atoms with E-state index in [-0.39, 0.29) is 60.8 Å². The summed E-state index contributed by atoms with van der Waals surface area (Å²) in [4.78, 5) is 22.8. The molecule has 6 heteroatoms. The maximum atomic E-state index is 12.1. The van der Waals surface area contributed by atoms with Gasteiger partial charge in [-0.1, -0.05) is 20.8 Å². The van der Waals surface area contributed by atoms with E-state index in [1.165, 1.54) is 0 Å². The molecule has 10 atom stereocenters. The number of fused-ring (bicyclic) bond motifs is 5. The SMILES string of the molecule is [2H]C1([2H])C[C@@]2(C)[C@H](C[C@H](O)[C@@H]3[C@@H]2CC[C@]2(C)[C@@H]([C@H](C)CCC(=O)NCC(=O)O)CC[C@@H]32)C([2H])([2H])[C@]1([2H])O. The molecule has 4 rings (SSSR count). The van der Waals surface area contributed by atoms with Gasteiger partial charge in [-0.3, -0.25) is 9.59 Å². The zero-order valence-corrected chi connectivity index (χ0v) is 19.6. The van der Waals surface area contributed by atoms with E-state index in [9.17, 15) is 19.8 Å². The lowest BCUT2D eigenvalue weighted by atomic mass is 9.43. The Labute approximate surface area is 199 Å². The number of amides is 1. The number of aliphatic carboxylic acids is 1. The topological polar surface area (TPSA) is 107 Å². The maximum absolute atomic E-state index is 12.1. The average Bonchev–Trinajstić information content (AvgIpc) is 3.13. The van der Waals surface area contributed by atoms with Gasteiger partial charge < -0.3 is 20.6 Å². The van der Waals surface area contributed by atoms with E-state index in [2.05, 4.69) is 19.2 Å². The quantitative estimate of drug-likeness (QED) is 0.491. The molecule has 0 aromatic heterocycles. The summed E-state index contributed by atoms with van der Waals surface area (Å²) < 4.78 is 42.5. The molecule has 4 saturated carbocycles. The number of aliphatic hydroxyl groups excluding tert-OH is 1. The van der Waals surface area contributed by atoms with Crippen LogP contribution in [0.3, 0.4) is 0 Å². The molecule has 4 aliphatic rings. The van der Waals surface area contributed by atoms with Gasteiger partial charge in [0.2, 0.25) is 5.91 Å². The lowest BCUT2D eigenvalue weighted by molar-refractivity contribution is -0.174. The number of rotatable bonds is 6. The number of carboxylic acids is 1. The predicted molar refractivity (Wildman–Crippen MR) is 122 cm³/mol. The molecule has 0 aromatic carbocycles. The number of carboxylic acid groups (broad SMARTS) is 1. The summed E-state index contributed by atoms with van der Waals surface area (Å²) in [5.74, 6) is -1.58. The fraction of sp³-hybridized carbons (Fsp3) is 0.923. The van der Waals surface area contributed by atoms with Crippen molar-refractivity contribution in [2.75, 3.05) is 6.54 Å². The molecule has 0 saturated heterocycles. The first-order valence-corrected chi connectivity index (χ1v) is 12.3. The minimum absolute atomic E-state index is 0.0643. The monoisotopic (exact) mass is 454 g/mol. The van der Waals surface area contributed by atoms with Gasteiger partial charge in [-0.05, 0) is 104 Å². The van der Waals surface area contributed by atoms with Crippen molar-refractivity contribution in [3.8, 4) is 0 Å². The summed E-state index contributed by atoms with van der Waals surface area (Å²) in [6.45, 7) is 5.95. The minimum atomic E-state index is -2.88. The Hall–Kier alpha value is -1.14. The lowest BCUT2D eigenvalue weighted by Crippen LogP contribution is -2.58. The lowest BCUT2D eigenvalue weighted by Gasteiger charge is -2.62. The van der Waals surface area contributed by atoms with Crippen LogP contribution in [0, 0.1) is 46.3 Å². The second kappa shape index (κ2) is 8.90. The van der Waals surface area contributed by atoms with Gasteiger partial charge in [0.05, 0.1) is 13.6 Å². The summed E-state index contributed by atoms with van der Waals surface area (Å²) in [5.41, 5.74) is -0.845. The Morgan fingerprint density at radius 2 is 1.88 bits per heavy atom. The standard InChI is InChI=1S/C26H43NO5/c1-15(4-7-22(30)27-14-23(31)32)18-5-6-19-24-20(9-11-26(18,19)3)25(2)10-8-17(28)12-16(25)13-21(24)29/h15-21,24,28-29H,4-14H2,1-3H3,(H,27,30)(H,31,32)/t15-,16+,17-,18-,19+,20+,21+,24+,25+,26-/m1/s1/i8D2,12D2,17D. The molecule has 182 valence electrons. The summed E-state index contributed by atoms with van der Waals surface area (Å²) in [7, 11) is 0. The number of carbonyl (C=O) groups is 2. The molecule has 4 fully saturated rings. The fourth-order valence-corrected chi connectivity index (χ4v) is 8.19. The second-order valence-electron chi connectivity index (χ2n) is 11.4. The Morgan fingerprint density at radius 3 is 2.59 bits per heavy atom. The van der Waals surface area contributed by atoms with Crippen LogP contribution in [-0.4, -0.2) is 45.9 Å². The van der Waals surface area contributed by atoms with Crippen molar-refractivity contribution >= 4 is 11.9 Å². The van der Waals surface area contributed by atoms with Gasteiger partial charge >= 0.3 is 5.97 Å². The zero-order valence-electron chi connectivity index (χ0n) is 24.6. The summed E-state index contributed by atoms with van der Waals surface area (Å²) in [5, 5.41) is 33.3. The summed E-state index contributed by atoms with van der Waals surface area (Å²) in [6, 6.07) is 0. The van der Waals surface area contributed by atoms with Gasteiger partial charge in [0, 0.05) is 11.9 Å². The first-order chi connectivity index (χ1) is 16.9. The van der Waals surface area contributed by atoms with Crippen molar-refractivity contribution in [1.82, 2.24) is 5.32 Å². The Kier molecular flexibility index (Phi) is 5.07. The van der Waals surface area contributed by atoms with E-state index in [0.29, 0.717) is 12.3 Å². The van der Waals surface area contributed by atoms with E-state index in [0.717, 1.165) is 25.7 Å². The van der Waals surface area contributed by atoms with E-state index >= 15 is 0 Å². The number of hydrogen-bond acceptors (Lipinski definition) is 4. The van der Waals surface area contributed by atoms with Crippen molar-refractivity contribution < 1.29 is 31.8 Å². The third-order valence-electron chi connectivity index (χ3n) is 9.87. The van der Waals surface area contributed by atoms with E-state index in [4.69, 9.17) is 12.0 Å². The van der Waals surface area contributed by atoms with Gasteiger partial charge in [0.1, 0.15) is 6.54 Å². The van der Waals surface area contributed by atoms with Crippen LogP contribution in [0.15, 0.2) is 0 Å². The van der Waals surface area contributed by atoms with Crippen molar-refractivity contribution in [2.45, 2.75) is 97.1 Å². The highest BCUT2D eigenvalue weighted by molar-refractivity contribution is 5.81. The average molecular weight is 455 g/mol. The van der Waals surface area contributed by atoms with Crippen LogP contribution in [-0.2, 0) is 9.59 Å². The van der Waals surface area contributed by atoms with Crippen LogP contribution in [0.4, 0.5) is 0 Å². The highest BCUT2D eigenvalue weighted by atomic mass is 16.4. The van der Waals surface area contributed by atoms with Crippen molar-refractivity contribution in [2.24, 2.45) is 46.3 Å². The zero-order chi connectivity index (χ0) is 27.8. The minimum Gasteiger partial charge on any atom is -0.480 e. The number of nitrogens with one attached hydrogen (secondary N) is 1. The summed E-state index contributed by atoms with van der Waals surface area (Å²) >= 11 is 0. The molecule has 1 amide bonds. The third kappa shape index (κ3) is 4.11. The highest BCUT2D eigenvalue weighted by Gasteiger charge is 2.62. The molecule has 0 aromatic rings. The van der Waals surface area contributed by atoms with Gasteiger partial charge in [-0.15, -0.1) is 0 Å². The van der Waals surface area contributed by atoms with Gasteiger partial charge in [0.15, 0.2) is 0 Å². The molecule has 0 unspecified atom stereocenters. The largest absolute Gasteiger partial charge is 0.480 e. The van der Waals surface area contributed by atoms with Crippen LogP contribution in [0.5, 0.6) is 0 Å². The first-order valence-electron chi connectivity index (χ1n) is 14.8. The second-order valence-corrected chi connectivity index (χ2v) is 11.4. The van der Waals surface area contributed by atoms with E-state index in [1.54, 1.807) is 0 Å².